The summed E-state index contributed by atoms with van der Waals surface area (Å²) in [7, 11) is 0. The van der Waals surface area contributed by atoms with Gasteiger partial charge in [-0.15, -0.1) is 11.3 Å². The molecule has 0 bridgehead atoms. The zero-order valence-electron chi connectivity index (χ0n) is 11.8. The second-order valence-corrected chi connectivity index (χ2v) is 6.60. The summed E-state index contributed by atoms with van der Waals surface area (Å²) in [4.78, 5) is 18.7. The average molecular weight is 407 g/mol. The zero-order chi connectivity index (χ0) is 16.7. The molecule has 3 heterocycles. The summed E-state index contributed by atoms with van der Waals surface area (Å²) in [5.41, 5.74) is 0. The topological polar surface area (TPSA) is 113 Å². The molecule has 4 rings (SSSR count). The molecule has 0 amide bonds. The summed E-state index contributed by atoms with van der Waals surface area (Å²) in [6.07, 6.45) is 1.25. The fraction of sp³-hybridized carbons (Fsp3) is 0.0769. The molecule has 0 radical (unpaired) electrons. The molecular weight excluding hydrogens is 400 g/mol. The molecule has 9 nitrogen and oxygen atoms in total. The standard InChI is InChI=1S/C13H7BrN6O3S/c14-10-7-3-1-2-4-8(7)24-11(10)12-16-9(23-18-12)5-19-6-15-13(17-19)20(21)22/h1-4,6H,5H2. The van der Waals surface area contributed by atoms with Gasteiger partial charge in [-0.2, -0.15) is 9.67 Å². The molecule has 0 atom stereocenters. The molecule has 0 unspecified atom stereocenters. The minimum Gasteiger partial charge on any atom is -0.390 e. The van der Waals surface area contributed by atoms with E-state index in [1.807, 2.05) is 24.3 Å². The Balaban J connectivity index is 1.63. The Kier molecular flexibility index (Phi) is 3.58. The van der Waals surface area contributed by atoms with Gasteiger partial charge < -0.3 is 14.6 Å². The van der Waals surface area contributed by atoms with E-state index in [-0.39, 0.29) is 12.4 Å². The maximum absolute atomic E-state index is 10.6. The molecule has 0 saturated heterocycles. The van der Waals surface area contributed by atoms with Gasteiger partial charge in [-0.05, 0) is 26.9 Å². The quantitative estimate of drug-likeness (QED) is 0.377. The molecule has 0 saturated carbocycles. The smallest absolute Gasteiger partial charge is 0.390 e. The highest BCUT2D eigenvalue weighted by atomic mass is 79.9. The van der Waals surface area contributed by atoms with Crippen LogP contribution in [0.15, 0.2) is 39.6 Å². The van der Waals surface area contributed by atoms with Crippen LogP contribution in [-0.2, 0) is 6.54 Å². The lowest BCUT2D eigenvalue weighted by molar-refractivity contribution is -0.394. The van der Waals surface area contributed by atoms with E-state index in [0.29, 0.717) is 5.82 Å². The molecule has 11 heteroatoms. The highest BCUT2D eigenvalue weighted by molar-refractivity contribution is 9.10. The Labute approximate surface area is 146 Å². The molecule has 0 N–H and O–H groups in total. The van der Waals surface area contributed by atoms with Crippen molar-refractivity contribution >= 4 is 43.3 Å². The Morgan fingerprint density at radius 3 is 2.96 bits per heavy atom. The summed E-state index contributed by atoms with van der Waals surface area (Å²) >= 11 is 5.12. The van der Waals surface area contributed by atoms with Crippen molar-refractivity contribution in [3.8, 4) is 10.7 Å². The predicted molar refractivity (Wildman–Crippen MR) is 88.6 cm³/mol. The maximum atomic E-state index is 10.6. The molecule has 3 aromatic heterocycles. The van der Waals surface area contributed by atoms with Crippen LogP contribution in [0.2, 0.25) is 0 Å². The van der Waals surface area contributed by atoms with E-state index >= 15 is 0 Å². The van der Waals surface area contributed by atoms with Crippen LogP contribution in [0.1, 0.15) is 5.89 Å². The first-order valence-electron chi connectivity index (χ1n) is 6.65. The van der Waals surface area contributed by atoms with E-state index in [4.69, 9.17) is 4.52 Å². The molecule has 4 aromatic rings. The van der Waals surface area contributed by atoms with Gasteiger partial charge in [0.05, 0.1) is 4.88 Å². The Hall–Kier alpha value is -2.66. The molecule has 1 aromatic carbocycles. The van der Waals surface area contributed by atoms with E-state index in [1.54, 1.807) is 11.3 Å². The minimum atomic E-state index is -0.663. The van der Waals surface area contributed by atoms with Crippen LogP contribution >= 0.6 is 27.3 Å². The van der Waals surface area contributed by atoms with Gasteiger partial charge in [-0.1, -0.05) is 28.3 Å². The van der Waals surface area contributed by atoms with Crippen molar-refractivity contribution in [1.82, 2.24) is 24.9 Å². The third kappa shape index (κ3) is 2.57. The first-order valence-corrected chi connectivity index (χ1v) is 8.26. The number of thiophene rings is 1. The Morgan fingerprint density at radius 2 is 2.21 bits per heavy atom. The zero-order valence-corrected chi connectivity index (χ0v) is 14.2. The number of benzene rings is 1. The van der Waals surface area contributed by atoms with Crippen molar-refractivity contribution in [2.75, 3.05) is 0 Å². The van der Waals surface area contributed by atoms with Crippen LogP contribution in [0.25, 0.3) is 20.8 Å². The van der Waals surface area contributed by atoms with E-state index < -0.39 is 10.9 Å². The largest absolute Gasteiger partial charge is 0.490 e. The third-order valence-corrected chi connectivity index (χ3v) is 5.44. The molecule has 0 fully saturated rings. The average Bonchev–Trinajstić information content (AvgIpc) is 3.28. The van der Waals surface area contributed by atoms with Gasteiger partial charge in [0.1, 0.15) is 6.54 Å². The Bertz CT molecular complexity index is 1060. The molecule has 0 aliphatic rings. The summed E-state index contributed by atoms with van der Waals surface area (Å²) in [6.45, 7) is 0.107. The summed E-state index contributed by atoms with van der Waals surface area (Å²) < 4.78 is 8.50. The first kappa shape index (κ1) is 14.9. The van der Waals surface area contributed by atoms with Crippen molar-refractivity contribution in [3.63, 3.8) is 0 Å². The van der Waals surface area contributed by atoms with Crippen molar-refractivity contribution in [2.45, 2.75) is 6.54 Å². The number of hydrogen-bond acceptors (Lipinski definition) is 8. The maximum Gasteiger partial charge on any atom is 0.490 e. The second-order valence-electron chi connectivity index (χ2n) is 4.75. The number of hydrogen-bond donors (Lipinski definition) is 0. The van der Waals surface area contributed by atoms with Gasteiger partial charge in [0.15, 0.2) is 0 Å². The van der Waals surface area contributed by atoms with Crippen LogP contribution in [0, 0.1) is 10.1 Å². The highest BCUT2D eigenvalue weighted by Gasteiger charge is 2.19. The second kappa shape index (κ2) is 5.76. The lowest BCUT2D eigenvalue weighted by Crippen LogP contribution is -2.01. The van der Waals surface area contributed by atoms with Crippen molar-refractivity contribution in [2.24, 2.45) is 0 Å². The monoisotopic (exact) mass is 406 g/mol. The normalized spacial score (nSPS) is 11.2. The first-order chi connectivity index (χ1) is 11.6. The number of aromatic nitrogens is 5. The van der Waals surface area contributed by atoms with Crippen LogP contribution in [-0.4, -0.2) is 29.8 Å². The van der Waals surface area contributed by atoms with Crippen molar-refractivity contribution in [3.05, 3.63) is 51.1 Å². The van der Waals surface area contributed by atoms with Crippen LogP contribution in [0.4, 0.5) is 5.95 Å². The third-order valence-electron chi connectivity index (χ3n) is 3.19. The lowest BCUT2D eigenvalue weighted by Gasteiger charge is -1.90. The molecule has 24 heavy (non-hydrogen) atoms. The van der Waals surface area contributed by atoms with Gasteiger partial charge in [-0.25, -0.2) is 0 Å². The Morgan fingerprint density at radius 1 is 1.38 bits per heavy atom. The number of nitro groups is 1. The van der Waals surface area contributed by atoms with E-state index in [0.717, 1.165) is 19.4 Å². The highest BCUT2D eigenvalue weighted by Crippen LogP contribution is 2.40. The van der Waals surface area contributed by atoms with Gasteiger partial charge >= 0.3 is 5.95 Å². The van der Waals surface area contributed by atoms with E-state index in [2.05, 4.69) is 36.2 Å². The number of halogens is 1. The van der Waals surface area contributed by atoms with Gasteiger partial charge in [0, 0.05) is 19.7 Å². The summed E-state index contributed by atoms with van der Waals surface area (Å²) in [6, 6.07) is 7.95. The lowest BCUT2D eigenvalue weighted by atomic mass is 10.2. The van der Waals surface area contributed by atoms with Crippen LogP contribution in [0.3, 0.4) is 0 Å². The number of nitrogens with zero attached hydrogens (tertiary/aromatic N) is 6. The number of rotatable bonds is 4. The molecular formula is C13H7BrN6O3S. The molecule has 120 valence electrons. The van der Waals surface area contributed by atoms with Crippen LogP contribution < -0.4 is 0 Å². The predicted octanol–water partition coefficient (Wildman–Crippen LogP) is 3.26. The van der Waals surface area contributed by atoms with Crippen molar-refractivity contribution in [1.29, 1.82) is 0 Å². The molecule has 0 aliphatic carbocycles. The van der Waals surface area contributed by atoms with E-state index in [9.17, 15) is 10.1 Å². The number of fused-ring (bicyclic) bond motifs is 1. The van der Waals surface area contributed by atoms with Gasteiger partial charge in [0.25, 0.3) is 0 Å². The van der Waals surface area contributed by atoms with Crippen LogP contribution in [0.5, 0.6) is 0 Å². The fourth-order valence-corrected chi connectivity index (χ4v) is 4.07. The SMILES string of the molecule is O=[N+]([O-])c1ncn(Cc2nc(-c3sc4ccccc4c3Br)no2)n1. The minimum absolute atomic E-state index is 0.107. The molecule has 0 spiro atoms. The molecule has 0 aliphatic heterocycles. The summed E-state index contributed by atoms with van der Waals surface area (Å²) in [5.74, 6) is 0.267. The summed E-state index contributed by atoms with van der Waals surface area (Å²) in [5, 5.41) is 19.4. The van der Waals surface area contributed by atoms with Gasteiger partial charge in [0.2, 0.25) is 18.0 Å². The van der Waals surface area contributed by atoms with Gasteiger partial charge in [-0.3, -0.25) is 0 Å². The van der Waals surface area contributed by atoms with E-state index in [1.165, 1.54) is 11.0 Å². The fourth-order valence-electron chi connectivity index (χ4n) is 2.15. The van der Waals surface area contributed by atoms with Crippen molar-refractivity contribution < 1.29 is 9.45 Å².